The average molecular weight is 305 g/mol. The molecule has 0 radical (unpaired) electrons. The summed E-state index contributed by atoms with van der Waals surface area (Å²) in [6.45, 7) is 2.02. The minimum atomic E-state index is -3.81. The van der Waals surface area contributed by atoms with E-state index in [9.17, 15) is 16.8 Å². The van der Waals surface area contributed by atoms with Crippen LogP contribution < -0.4 is 10.5 Å². The van der Waals surface area contributed by atoms with Crippen molar-refractivity contribution in [2.24, 2.45) is 5.14 Å². The molecule has 0 amide bonds. The molecule has 2 rings (SSSR count). The molecule has 1 aromatic rings. The van der Waals surface area contributed by atoms with Crippen LogP contribution in [-0.2, 0) is 20.0 Å². The maximum Gasteiger partial charge on any atom is 0.243 e. The zero-order valence-corrected chi connectivity index (χ0v) is 11.7. The van der Waals surface area contributed by atoms with Crippen LogP contribution in [0.1, 0.15) is 0 Å². The Balaban J connectivity index is 2.31. The first-order valence-corrected chi connectivity index (χ1v) is 8.64. The summed E-state index contributed by atoms with van der Waals surface area (Å²) in [5.74, 6) is 0. The predicted molar refractivity (Wildman–Crippen MR) is 69.4 cm³/mol. The summed E-state index contributed by atoms with van der Waals surface area (Å²) in [6, 6.07) is 4.92. The van der Waals surface area contributed by atoms with Crippen LogP contribution in [0, 0.1) is 0 Å². The van der Waals surface area contributed by atoms with Crippen molar-refractivity contribution in [1.82, 2.24) is 9.62 Å². The highest BCUT2D eigenvalue weighted by Crippen LogP contribution is 2.18. The monoisotopic (exact) mass is 305 g/mol. The lowest BCUT2D eigenvalue weighted by atomic mass is 10.4. The van der Waals surface area contributed by atoms with Gasteiger partial charge in [0.05, 0.1) is 9.79 Å². The van der Waals surface area contributed by atoms with E-state index in [1.54, 1.807) is 0 Å². The van der Waals surface area contributed by atoms with Gasteiger partial charge in [-0.1, -0.05) is 0 Å². The summed E-state index contributed by atoms with van der Waals surface area (Å²) in [5, 5.41) is 8.03. The van der Waals surface area contributed by atoms with Crippen molar-refractivity contribution in [3.63, 3.8) is 0 Å². The van der Waals surface area contributed by atoms with Gasteiger partial charge in [-0.2, -0.15) is 4.31 Å². The van der Waals surface area contributed by atoms with Crippen LogP contribution in [0.4, 0.5) is 0 Å². The van der Waals surface area contributed by atoms with E-state index >= 15 is 0 Å². The Morgan fingerprint density at radius 3 is 1.89 bits per heavy atom. The third kappa shape index (κ3) is 3.12. The van der Waals surface area contributed by atoms with Gasteiger partial charge in [-0.3, -0.25) is 0 Å². The van der Waals surface area contributed by atoms with E-state index in [0.29, 0.717) is 26.2 Å². The Bertz CT molecular complexity index is 647. The normalized spacial score (nSPS) is 18.4. The zero-order chi connectivity index (χ0) is 14.1. The molecule has 0 aromatic heterocycles. The number of piperazine rings is 1. The second-order valence-corrected chi connectivity index (χ2v) is 7.67. The molecule has 0 spiro atoms. The molecular weight excluding hydrogens is 290 g/mol. The Labute approximate surface area is 112 Å². The Kier molecular flexibility index (Phi) is 3.92. The topological polar surface area (TPSA) is 110 Å². The number of nitrogens with two attached hydrogens (primary N) is 1. The van der Waals surface area contributed by atoms with Gasteiger partial charge >= 0.3 is 0 Å². The third-order valence-electron chi connectivity index (χ3n) is 2.87. The summed E-state index contributed by atoms with van der Waals surface area (Å²) in [4.78, 5) is -0.0337. The van der Waals surface area contributed by atoms with E-state index in [1.807, 2.05) is 0 Å². The standard InChI is InChI=1S/C10H15N3O4S2/c11-18(14,15)9-1-3-10(4-2-9)19(16,17)13-7-5-12-6-8-13/h1-4,12H,5-8H2,(H2,11,14,15). The quantitative estimate of drug-likeness (QED) is 0.739. The van der Waals surface area contributed by atoms with Crippen LogP contribution in [0.15, 0.2) is 34.1 Å². The van der Waals surface area contributed by atoms with Crippen molar-refractivity contribution in [3.8, 4) is 0 Å². The molecule has 0 unspecified atom stereocenters. The fourth-order valence-electron chi connectivity index (χ4n) is 1.84. The van der Waals surface area contributed by atoms with Crippen LogP contribution in [0.3, 0.4) is 0 Å². The first kappa shape index (κ1) is 14.4. The van der Waals surface area contributed by atoms with Gasteiger partial charge in [0, 0.05) is 26.2 Å². The number of nitrogens with zero attached hydrogens (tertiary/aromatic N) is 1. The minimum Gasteiger partial charge on any atom is -0.314 e. The Hall–Kier alpha value is -1.00. The van der Waals surface area contributed by atoms with E-state index in [1.165, 1.54) is 28.6 Å². The lowest BCUT2D eigenvalue weighted by Crippen LogP contribution is -2.46. The largest absolute Gasteiger partial charge is 0.314 e. The maximum absolute atomic E-state index is 12.3. The summed E-state index contributed by atoms with van der Waals surface area (Å²) in [6.07, 6.45) is 0. The molecule has 9 heteroatoms. The molecule has 1 saturated heterocycles. The molecule has 106 valence electrons. The lowest BCUT2D eigenvalue weighted by molar-refractivity contribution is 0.360. The summed E-state index contributed by atoms with van der Waals surface area (Å²) in [7, 11) is -7.37. The molecule has 0 atom stereocenters. The smallest absolute Gasteiger partial charge is 0.243 e. The van der Waals surface area contributed by atoms with E-state index < -0.39 is 20.0 Å². The van der Waals surface area contributed by atoms with Crippen LogP contribution in [0.5, 0.6) is 0 Å². The molecule has 0 aliphatic carbocycles. The second-order valence-electron chi connectivity index (χ2n) is 4.17. The van der Waals surface area contributed by atoms with Gasteiger partial charge in [0.15, 0.2) is 0 Å². The fourth-order valence-corrected chi connectivity index (χ4v) is 3.79. The van der Waals surface area contributed by atoms with Crippen molar-refractivity contribution in [2.45, 2.75) is 9.79 Å². The molecule has 0 saturated carbocycles. The molecule has 1 aliphatic heterocycles. The fraction of sp³-hybridized carbons (Fsp3) is 0.400. The number of sulfonamides is 2. The maximum atomic E-state index is 12.3. The third-order valence-corrected chi connectivity index (χ3v) is 5.71. The number of primary sulfonamides is 1. The Morgan fingerprint density at radius 2 is 1.42 bits per heavy atom. The van der Waals surface area contributed by atoms with Crippen molar-refractivity contribution < 1.29 is 16.8 Å². The van der Waals surface area contributed by atoms with Gasteiger partial charge < -0.3 is 5.32 Å². The van der Waals surface area contributed by atoms with Gasteiger partial charge in [0.1, 0.15) is 0 Å². The highest BCUT2D eigenvalue weighted by atomic mass is 32.2. The highest BCUT2D eigenvalue weighted by molar-refractivity contribution is 7.89. The van der Waals surface area contributed by atoms with Crippen molar-refractivity contribution >= 4 is 20.0 Å². The Morgan fingerprint density at radius 1 is 0.947 bits per heavy atom. The van der Waals surface area contributed by atoms with Crippen molar-refractivity contribution in [2.75, 3.05) is 26.2 Å². The van der Waals surface area contributed by atoms with Crippen molar-refractivity contribution in [3.05, 3.63) is 24.3 Å². The molecule has 3 N–H and O–H groups in total. The van der Waals surface area contributed by atoms with Gasteiger partial charge in [-0.15, -0.1) is 0 Å². The van der Waals surface area contributed by atoms with Crippen LogP contribution in [0.2, 0.25) is 0 Å². The van der Waals surface area contributed by atoms with Gasteiger partial charge in [-0.05, 0) is 24.3 Å². The van der Waals surface area contributed by atoms with E-state index in [0.717, 1.165) is 0 Å². The zero-order valence-electron chi connectivity index (χ0n) is 10.1. The second kappa shape index (κ2) is 5.17. The summed E-state index contributed by atoms with van der Waals surface area (Å²) in [5.41, 5.74) is 0. The minimum absolute atomic E-state index is 0.0711. The van der Waals surface area contributed by atoms with E-state index in [4.69, 9.17) is 5.14 Å². The molecular formula is C10H15N3O4S2. The van der Waals surface area contributed by atoms with E-state index in [-0.39, 0.29) is 9.79 Å². The average Bonchev–Trinajstić information content (AvgIpc) is 2.39. The van der Waals surface area contributed by atoms with E-state index in [2.05, 4.69) is 5.32 Å². The SMILES string of the molecule is NS(=O)(=O)c1ccc(S(=O)(=O)N2CCNCC2)cc1. The number of benzene rings is 1. The number of hydrogen-bond donors (Lipinski definition) is 2. The first-order chi connectivity index (χ1) is 8.82. The summed E-state index contributed by atoms with van der Waals surface area (Å²) < 4.78 is 48.1. The van der Waals surface area contributed by atoms with Gasteiger partial charge in [0.2, 0.25) is 20.0 Å². The molecule has 0 bridgehead atoms. The molecule has 1 aromatic carbocycles. The van der Waals surface area contributed by atoms with Gasteiger partial charge in [-0.25, -0.2) is 22.0 Å². The number of rotatable bonds is 3. The number of nitrogens with one attached hydrogen (secondary N) is 1. The first-order valence-electron chi connectivity index (χ1n) is 5.65. The highest BCUT2D eigenvalue weighted by Gasteiger charge is 2.25. The van der Waals surface area contributed by atoms with Crippen LogP contribution in [0.25, 0.3) is 0 Å². The van der Waals surface area contributed by atoms with Crippen LogP contribution >= 0.6 is 0 Å². The number of hydrogen-bond acceptors (Lipinski definition) is 5. The van der Waals surface area contributed by atoms with Crippen LogP contribution in [-0.4, -0.2) is 47.3 Å². The van der Waals surface area contributed by atoms with Gasteiger partial charge in [0.25, 0.3) is 0 Å². The van der Waals surface area contributed by atoms with Crippen molar-refractivity contribution in [1.29, 1.82) is 0 Å². The molecule has 19 heavy (non-hydrogen) atoms. The lowest BCUT2D eigenvalue weighted by Gasteiger charge is -2.26. The summed E-state index contributed by atoms with van der Waals surface area (Å²) >= 11 is 0. The molecule has 7 nitrogen and oxygen atoms in total. The molecule has 1 fully saturated rings. The molecule has 1 heterocycles. The molecule has 1 aliphatic rings. The predicted octanol–water partition coefficient (Wildman–Crippen LogP) is -1.07.